The largest absolute Gasteiger partial charge is 0.481 e. The quantitative estimate of drug-likeness (QED) is 0.783. The Kier molecular flexibility index (Phi) is 6.29. The molecule has 1 aliphatic rings. The van der Waals surface area contributed by atoms with Crippen molar-refractivity contribution in [3.8, 4) is 0 Å². The van der Waals surface area contributed by atoms with Crippen LogP contribution < -0.4 is 5.32 Å². The lowest BCUT2D eigenvalue weighted by Crippen LogP contribution is -2.37. The maximum Gasteiger partial charge on any atom is 0.305 e. The summed E-state index contributed by atoms with van der Waals surface area (Å²) in [7, 11) is 1.56. The number of amides is 2. The Balaban J connectivity index is 1.81. The van der Waals surface area contributed by atoms with Gasteiger partial charge in [-0.15, -0.1) is 0 Å². The topological polar surface area (TPSA) is 95.9 Å². The van der Waals surface area contributed by atoms with Gasteiger partial charge in [-0.3, -0.25) is 14.4 Å². The highest BCUT2D eigenvalue weighted by molar-refractivity contribution is 6.05. The van der Waals surface area contributed by atoms with Crippen molar-refractivity contribution in [2.75, 3.05) is 19.0 Å². The van der Waals surface area contributed by atoms with Crippen molar-refractivity contribution in [3.63, 3.8) is 0 Å². The van der Waals surface area contributed by atoms with Crippen LogP contribution in [0.3, 0.4) is 0 Å². The van der Waals surface area contributed by atoms with E-state index >= 15 is 0 Å². The van der Waals surface area contributed by atoms with Crippen LogP contribution in [-0.2, 0) is 9.53 Å². The Morgan fingerprint density at radius 2 is 1.86 bits per heavy atom. The molecule has 3 rings (SSSR count). The second-order valence-corrected chi connectivity index (χ2v) is 7.15. The van der Waals surface area contributed by atoms with Crippen LogP contribution in [-0.4, -0.2) is 53.6 Å². The molecule has 0 spiro atoms. The standard InChI is InChI=1S/C22H24N2O5/c1-14-8-9-16(10-19(14)23-21(27)15-6-4-3-5-7-15)22(28)24-13-18(29-2)11-17(24)12-20(25)26/h3-10,17-18H,11-13H2,1-2H3,(H,23,27)(H,25,26). The molecule has 1 saturated heterocycles. The third kappa shape index (κ3) is 4.81. The van der Waals surface area contributed by atoms with Crippen LogP contribution in [0.25, 0.3) is 0 Å². The van der Waals surface area contributed by atoms with E-state index in [-0.39, 0.29) is 24.3 Å². The smallest absolute Gasteiger partial charge is 0.305 e. The molecule has 2 unspecified atom stereocenters. The fraction of sp³-hybridized carbons (Fsp3) is 0.318. The van der Waals surface area contributed by atoms with Crippen LogP contribution in [0.5, 0.6) is 0 Å². The minimum absolute atomic E-state index is 0.130. The van der Waals surface area contributed by atoms with Crippen molar-refractivity contribution < 1.29 is 24.2 Å². The van der Waals surface area contributed by atoms with Gasteiger partial charge in [-0.1, -0.05) is 24.3 Å². The lowest BCUT2D eigenvalue weighted by molar-refractivity contribution is -0.138. The molecule has 0 saturated carbocycles. The average Bonchev–Trinajstić information content (AvgIpc) is 3.12. The van der Waals surface area contributed by atoms with Gasteiger partial charge in [0.05, 0.1) is 12.5 Å². The molecule has 0 aliphatic carbocycles. The summed E-state index contributed by atoms with van der Waals surface area (Å²) in [6, 6.07) is 13.5. The Hall–Kier alpha value is -3.19. The molecular formula is C22H24N2O5. The second kappa shape index (κ2) is 8.87. The van der Waals surface area contributed by atoms with Crippen LogP contribution in [0.15, 0.2) is 48.5 Å². The molecule has 1 fully saturated rings. The molecule has 7 nitrogen and oxygen atoms in total. The van der Waals surface area contributed by atoms with Crippen molar-refractivity contribution in [2.45, 2.75) is 31.9 Å². The highest BCUT2D eigenvalue weighted by Crippen LogP contribution is 2.26. The fourth-order valence-electron chi connectivity index (χ4n) is 3.53. The lowest BCUT2D eigenvalue weighted by Gasteiger charge is -2.23. The van der Waals surface area contributed by atoms with Crippen molar-refractivity contribution in [3.05, 3.63) is 65.2 Å². The fourth-order valence-corrected chi connectivity index (χ4v) is 3.53. The Morgan fingerprint density at radius 1 is 1.14 bits per heavy atom. The number of rotatable bonds is 6. The number of carbonyl (C=O) groups is 3. The van der Waals surface area contributed by atoms with Crippen LogP contribution in [0, 0.1) is 6.92 Å². The van der Waals surface area contributed by atoms with Gasteiger partial charge < -0.3 is 20.1 Å². The molecule has 29 heavy (non-hydrogen) atoms. The Labute approximate surface area is 169 Å². The van der Waals surface area contributed by atoms with Crippen molar-refractivity contribution in [2.24, 2.45) is 0 Å². The van der Waals surface area contributed by atoms with Gasteiger partial charge in [0.25, 0.3) is 11.8 Å². The number of aryl methyl sites for hydroxylation is 1. The molecule has 7 heteroatoms. The average molecular weight is 396 g/mol. The van der Waals surface area contributed by atoms with Crippen molar-refractivity contribution >= 4 is 23.5 Å². The monoisotopic (exact) mass is 396 g/mol. The normalized spacial score (nSPS) is 18.5. The van der Waals surface area contributed by atoms with Gasteiger partial charge in [-0.05, 0) is 43.2 Å². The first-order chi connectivity index (χ1) is 13.9. The predicted molar refractivity (Wildman–Crippen MR) is 108 cm³/mol. The molecule has 0 aromatic heterocycles. The van der Waals surface area contributed by atoms with E-state index in [0.717, 1.165) is 5.56 Å². The highest BCUT2D eigenvalue weighted by Gasteiger charge is 2.37. The first-order valence-corrected chi connectivity index (χ1v) is 9.41. The van der Waals surface area contributed by atoms with Gasteiger partial charge in [-0.2, -0.15) is 0 Å². The predicted octanol–water partition coefficient (Wildman–Crippen LogP) is 2.95. The van der Waals surface area contributed by atoms with Crippen LogP contribution >= 0.6 is 0 Å². The van der Waals surface area contributed by atoms with Gasteiger partial charge >= 0.3 is 5.97 Å². The zero-order valence-electron chi connectivity index (χ0n) is 16.4. The van der Waals surface area contributed by atoms with Crippen molar-refractivity contribution in [1.29, 1.82) is 0 Å². The minimum Gasteiger partial charge on any atom is -0.481 e. The van der Waals surface area contributed by atoms with Gasteiger partial charge in [-0.25, -0.2) is 0 Å². The number of ether oxygens (including phenoxy) is 1. The number of carbonyl (C=O) groups excluding carboxylic acids is 2. The lowest BCUT2D eigenvalue weighted by atomic mass is 10.1. The number of carboxylic acids is 1. The van der Waals surface area contributed by atoms with E-state index in [1.165, 1.54) is 0 Å². The number of aliphatic carboxylic acids is 1. The summed E-state index contributed by atoms with van der Waals surface area (Å²) in [5.41, 5.74) is 2.28. The SMILES string of the molecule is COC1CC(CC(=O)O)N(C(=O)c2ccc(C)c(NC(=O)c3ccccc3)c2)C1. The van der Waals surface area contributed by atoms with E-state index in [1.807, 2.05) is 13.0 Å². The zero-order valence-corrected chi connectivity index (χ0v) is 16.4. The molecular weight excluding hydrogens is 372 g/mol. The second-order valence-electron chi connectivity index (χ2n) is 7.15. The van der Waals surface area contributed by atoms with Gasteiger partial charge in [0.2, 0.25) is 0 Å². The maximum atomic E-state index is 13.1. The number of carboxylic acid groups (broad SMARTS) is 1. The molecule has 0 bridgehead atoms. The molecule has 2 amide bonds. The molecule has 2 atom stereocenters. The summed E-state index contributed by atoms with van der Waals surface area (Å²) < 4.78 is 5.34. The number of anilines is 1. The summed E-state index contributed by atoms with van der Waals surface area (Å²) in [4.78, 5) is 38.3. The van der Waals surface area contributed by atoms with Crippen LogP contribution in [0.2, 0.25) is 0 Å². The number of hydrogen-bond donors (Lipinski definition) is 2. The molecule has 1 aliphatic heterocycles. The van der Waals surface area contributed by atoms with Crippen LogP contribution in [0.4, 0.5) is 5.69 Å². The van der Waals surface area contributed by atoms with E-state index < -0.39 is 12.0 Å². The summed E-state index contributed by atoms with van der Waals surface area (Å²) in [5, 5.41) is 12.0. The summed E-state index contributed by atoms with van der Waals surface area (Å²) in [6.07, 6.45) is 0.165. The van der Waals surface area contributed by atoms with E-state index in [4.69, 9.17) is 9.84 Å². The summed E-state index contributed by atoms with van der Waals surface area (Å²) >= 11 is 0. The van der Waals surface area contributed by atoms with Crippen molar-refractivity contribution in [1.82, 2.24) is 4.90 Å². The number of likely N-dealkylation sites (tertiary alicyclic amines) is 1. The summed E-state index contributed by atoms with van der Waals surface area (Å²) in [6.45, 7) is 2.19. The van der Waals surface area contributed by atoms with Gasteiger partial charge in [0.15, 0.2) is 0 Å². The molecule has 2 N–H and O–H groups in total. The number of benzene rings is 2. The highest BCUT2D eigenvalue weighted by atomic mass is 16.5. The minimum atomic E-state index is -0.954. The molecule has 152 valence electrons. The Bertz CT molecular complexity index is 913. The van der Waals surface area contributed by atoms with Gasteiger partial charge in [0.1, 0.15) is 0 Å². The number of nitrogens with one attached hydrogen (secondary N) is 1. The zero-order chi connectivity index (χ0) is 21.0. The third-order valence-electron chi connectivity index (χ3n) is 5.15. The maximum absolute atomic E-state index is 13.1. The summed E-state index contributed by atoms with van der Waals surface area (Å²) in [5.74, 6) is -1.49. The van der Waals surface area contributed by atoms with E-state index in [1.54, 1.807) is 54.5 Å². The number of hydrogen-bond acceptors (Lipinski definition) is 4. The Morgan fingerprint density at radius 3 is 2.52 bits per heavy atom. The molecule has 2 aromatic rings. The molecule has 2 aromatic carbocycles. The van der Waals surface area contributed by atoms with E-state index in [9.17, 15) is 14.4 Å². The van der Waals surface area contributed by atoms with Gasteiger partial charge in [0, 0.05) is 36.5 Å². The van der Waals surface area contributed by atoms with E-state index in [0.29, 0.717) is 29.8 Å². The number of nitrogens with zero attached hydrogens (tertiary/aromatic N) is 1. The first-order valence-electron chi connectivity index (χ1n) is 9.41. The molecule has 0 radical (unpaired) electrons. The van der Waals surface area contributed by atoms with E-state index in [2.05, 4.69) is 5.32 Å². The number of methoxy groups -OCH3 is 1. The van der Waals surface area contributed by atoms with Crippen LogP contribution in [0.1, 0.15) is 39.1 Å². The molecule has 1 heterocycles. The first kappa shape index (κ1) is 20.5. The third-order valence-corrected chi connectivity index (χ3v) is 5.15.